The normalized spacial score (nSPS) is 18.9. The Hall–Kier alpha value is -1.46. The van der Waals surface area contributed by atoms with Crippen LogP contribution in [0.15, 0.2) is 24.3 Å². The first-order valence-electron chi connectivity index (χ1n) is 7.04. The lowest BCUT2D eigenvalue weighted by molar-refractivity contribution is -0.138. The van der Waals surface area contributed by atoms with Gasteiger partial charge in [-0.1, -0.05) is 25.1 Å². The van der Waals surface area contributed by atoms with Crippen LogP contribution in [0, 0.1) is 5.82 Å². The van der Waals surface area contributed by atoms with E-state index in [2.05, 4.69) is 11.8 Å². The lowest BCUT2D eigenvalue weighted by Gasteiger charge is -2.38. The number of halogens is 1. The molecule has 1 unspecified atom stereocenters. The van der Waals surface area contributed by atoms with E-state index in [0.717, 1.165) is 38.2 Å². The van der Waals surface area contributed by atoms with Gasteiger partial charge in [0.1, 0.15) is 5.82 Å². The first-order chi connectivity index (χ1) is 9.61. The van der Waals surface area contributed by atoms with Crippen LogP contribution in [-0.2, 0) is 4.79 Å². The summed E-state index contributed by atoms with van der Waals surface area (Å²) in [6, 6.07) is 6.98. The highest BCUT2D eigenvalue weighted by molar-refractivity contribution is 5.69. The van der Waals surface area contributed by atoms with Crippen molar-refractivity contribution in [3.05, 3.63) is 35.6 Å². The minimum atomic E-state index is -0.792. The van der Waals surface area contributed by atoms with Gasteiger partial charge in [-0.25, -0.2) is 4.39 Å². The maximum Gasteiger partial charge on any atom is 0.317 e. The molecule has 5 heteroatoms. The molecular weight excluding hydrogens is 259 g/mol. The third-order valence-electron chi connectivity index (χ3n) is 3.86. The molecule has 4 nitrogen and oxygen atoms in total. The van der Waals surface area contributed by atoms with Crippen molar-refractivity contribution in [2.24, 2.45) is 0 Å². The van der Waals surface area contributed by atoms with Crippen molar-refractivity contribution in [1.29, 1.82) is 0 Å². The van der Waals surface area contributed by atoms with E-state index >= 15 is 0 Å². The molecule has 1 aromatic carbocycles. The number of rotatable bonds is 5. The largest absolute Gasteiger partial charge is 0.480 e. The number of carbonyl (C=O) groups is 1. The molecule has 0 radical (unpaired) electrons. The van der Waals surface area contributed by atoms with E-state index in [9.17, 15) is 9.18 Å². The van der Waals surface area contributed by atoms with Crippen LogP contribution >= 0.6 is 0 Å². The zero-order chi connectivity index (χ0) is 14.5. The molecule has 0 aromatic heterocycles. The lowest BCUT2D eigenvalue weighted by atomic mass is 10.0. The number of hydrogen-bond acceptors (Lipinski definition) is 3. The monoisotopic (exact) mass is 280 g/mol. The summed E-state index contributed by atoms with van der Waals surface area (Å²) in [5.74, 6) is -0.952. The molecule has 0 aliphatic carbocycles. The summed E-state index contributed by atoms with van der Waals surface area (Å²) in [6.45, 7) is 5.14. The highest BCUT2D eigenvalue weighted by Crippen LogP contribution is 2.27. The van der Waals surface area contributed by atoms with Crippen molar-refractivity contribution >= 4 is 5.97 Å². The Bertz CT molecular complexity index is 459. The molecular formula is C15H21FN2O2. The van der Waals surface area contributed by atoms with Crippen LogP contribution < -0.4 is 0 Å². The summed E-state index contributed by atoms with van der Waals surface area (Å²) < 4.78 is 13.9. The molecule has 1 aliphatic rings. The molecule has 0 saturated carbocycles. The third-order valence-corrected chi connectivity index (χ3v) is 3.86. The maximum atomic E-state index is 13.9. The van der Waals surface area contributed by atoms with Crippen LogP contribution in [0.1, 0.15) is 24.9 Å². The van der Waals surface area contributed by atoms with Gasteiger partial charge in [-0.05, 0) is 12.5 Å². The average Bonchev–Trinajstić information content (AvgIpc) is 2.43. The van der Waals surface area contributed by atoms with Gasteiger partial charge in [0, 0.05) is 37.8 Å². The molecule has 110 valence electrons. The highest BCUT2D eigenvalue weighted by Gasteiger charge is 2.26. The van der Waals surface area contributed by atoms with Crippen LogP contribution in [0.2, 0.25) is 0 Å². The standard InChI is InChI=1S/C15H21FN2O2/c1-2-14(12-5-3-4-6-13(12)16)18-9-7-17(8-10-18)11-15(19)20/h3-6,14H,2,7-11H2,1H3,(H,19,20). The van der Waals surface area contributed by atoms with E-state index < -0.39 is 5.97 Å². The number of benzene rings is 1. The van der Waals surface area contributed by atoms with Crippen LogP contribution in [0.3, 0.4) is 0 Å². The second kappa shape index (κ2) is 6.81. The zero-order valence-electron chi connectivity index (χ0n) is 11.8. The lowest BCUT2D eigenvalue weighted by Crippen LogP contribution is -2.48. The highest BCUT2D eigenvalue weighted by atomic mass is 19.1. The van der Waals surface area contributed by atoms with E-state index in [0.29, 0.717) is 0 Å². The third kappa shape index (κ3) is 3.55. The number of hydrogen-bond donors (Lipinski definition) is 1. The molecule has 0 spiro atoms. The van der Waals surface area contributed by atoms with Crippen LogP contribution in [0.5, 0.6) is 0 Å². The van der Waals surface area contributed by atoms with Gasteiger partial charge in [0.25, 0.3) is 0 Å². The van der Waals surface area contributed by atoms with Crippen molar-refractivity contribution in [2.45, 2.75) is 19.4 Å². The van der Waals surface area contributed by atoms with E-state index in [4.69, 9.17) is 5.11 Å². The quantitative estimate of drug-likeness (QED) is 0.895. The second-order valence-corrected chi connectivity index (χ2v) is 5.15. The summed E-state index contributed by atoms with van der Waals surface area (Å²) in [4.78, 5) is 14.9. The molecule has 1 atom stereocenters. The SMILES string of the molecule is CCC(c1ccccc1F)N1CCN(CC(=O)O)CC1. The fourth-order valence-electron chi connectivity index (χ4n) is 2.84. The number of aliphatic carboxylic acids is 1. The van der Waals surface area contributed by atoms with Crippen molar-refractivity contribution in [1.82, 2.24) is 9.80 Å². The maximum absolute atomic E-state index is 13.9. The Kier molecular flexibility index (Phi) is 5.09. The van der Waals surface area contributed by atoms with Gasteiger partial charge in [-0.3, -0.25) is 14.6 Å². The van der Waals surface area contributed by atoms with Gasteiger partial charge >= 0.3 is 5.97 Å². The first-order valence-corrected chi connectivity index (χ1v) is 7.04. The van der Waals surface area contributed by atoms with Gasteiger partial charge in [0.15, 0.2) is 0 Å². The Morgan fingerprint density at radius 2 is 1.95 bits per heavy atom. The van der Waals surface area contributed by atoms with E-state index in [-0.39, 0.29) is 18.4 Å². The van der Waals surface area contributed by atoms with Crippen LogP contribution in [-0.4, -0.2) is 53.6 Å². The van der Waals surface area contributed by atoms with Gasteiger partial charge in [-0.2, -0.15) is 0 Å². The predicted molar refractivity (Wildman–Crippen MR) is 75.1 cm³/mol. The molecule has 0 amide bonds. The molecule has 1 fully saturated rings. The van der Waals surface area contributed by atoms with Crippen molar-refractivity contribution in [2.75, 3.05) is 32.7 Å². The zero-order valence-corrected chi connectivity index (χ0v) is 11.8. The van der Waals surface area contributed by atoms with Gasteiger partial charge in [-0.15, -0.1) is 0 Å². The predicted octanol–water partition coefficient (Wildman–Crippen LogP) is 1.98. The molecule has 2 rings (SSSR count). The van der Waals surface area contributed by atoms with E-state index in [1.165, 1.54) is 6.07 Å². The smallest absolute Gasteiger partial charge is 0.317 e. The molecule has 1 saturated heterocycles. The topological polar surface area (TPSA) is 43.8 Å². The molecule has 0 bridgehead atoms. The van der Waals surface area contributed by atoms with Crippen molar-refractivity contribution in [3.8, 4) is 0 Å². The van der Waals surface area contributed by atoms with Crippen molar-refractivity contribution < 1.29 is 14.3 Å². The number of carboxylic acid groups (broad SMARTS) is 1. The summed E-state index contributed by atoms with van der Waals surface area (Å²) >= 11 is 0. The van der Waals surface area contributed by atoms with Gasteiger partial charge in [0.05, 0.1) is 6.54 Å². The average molecular weight is 280 g/mol. The summed E-state index contributed by atoms with van der Waals surface area (Å²) in [5, 5.41) is 8.80. The van der Waals surface area contributed by atoms with Gasteiger partial charge < -0.3 is 5.11 Å². The summed E-state index contributed by atoms with van der Waals surface area (Å²) in [7, 11) is 0. The minimum Gasteiger partial charge on any atom is -0.480 e. The Morgan fingerprint density at radius 3 is 2.50 bits per heavy atom. The Balaban J connectivity index is 2.01. The first kappa shape index (κ1) is 14.9. The summed E-state index contributed by atoms with van der Waals surface area (Å²) in [5.41, 5.74) is 0.738. The number of piperazine rings is 1. The fourth-order valence-corrected chi connectivity index (χ4v) is 2.84. The van der Waals surface area contributed by atoms with Crippen LogP contribution in [0.25, 0.3) is 0 Å². The molecule has 20 heavy (non-hydrogen) atoms. The van der Waals surface area contributed by atoms with Crippen molar-refractivity contribution in [3.63, 3.8) is 0 Å². The fraction of sp³-hybridized carbons (Fsp3) is 0.533. The Labute approximate surface area is 118 Å². The molecule has 1 aromatic rings. The Morgan fingerprint density at radius 1 is 1.30 bits per heavy atom. The van der Waals surface area contributed by atoms with Crippen LogP contribution in [0.4, 0.5) is 4.39 Å². The number of nitrogens with zero attached hydrogens (tertiary/aromatic N) is 2. The minimum absolute atomic E-state index is 0.0724. The van der Waals surface area contributed by atoms with E-state index in [1.54, 1.807) is 6.07 Å². The summed E-state index contributed by atoms with van der Waals surface area (Å²) in [6.07, 6.45) is 0.847. The molecule has 1 aliphatic heterocycles. The van der Waals surface area contributed by atoms with Gasteiger partial charge in [0.2, 0.25) is 0 Å². The van der Waals surface area contributed by atoms with E-state index in [1.807, 2.05) is 17.0 Å². The second-order valence-electron chi connectivity index (χ2n) is 5.15. The molecule has 1 N–H and O–H groups in total. The number of carboxylic acids is 1. The molecule has 1 heterocycles.